The lowest BCUT2D eigenvalue weighted by Gasteiger charge is -2.28. The van der Waals surface area contributed by atoms with Crippen molar-refractivity contribution >= 4 is 17.8 Å². The molecule has 2 N–H and O–H groups in total. The fourth-order valence-electron chi connectivity index (χ4n) is 3.80. The molecule has 2 unspecified atom stereocenters. The van der Waals surface area contributed by atoms with Gasteiger partial charge < -0.3 is 20.1 Å². The van der Waals surface area contributed by atoms with Crippen LogP contribution in [0, 0.1) is 13.8 Å². The average Bonchev–Trinajstić information content (AvgIpc) is 2.84. The van der Waals surface area contributed by atoms with Crippen LogP contribution in [0.1, 0.15) is 40.7 Å². The van der Waals surface area contributed by atoms with Crippen LogP contribution in [0.25, 0.3) is 0 Å². The Kier molecular flexibility index (Phi) is 4.65. The second kappa shape index (κ2) is 6.74. The number of ether oxygens (including phenoxy) is 1. The Morgan fingerprint density at radius 3 is 2.52 bits per heavy atom. The van der Waals surface area contributed by atoms with Crippen LogP contribution in [0.3, 0.4) is 0 Å². The van der Waals surface area contributed by atoms with E-state index >= 15 is 0 Å². The number of aliphatic carboxylic acids is 1. The fourth-order valence-corrected chi connectivity index (χ4v) is 3.80. The molecule has 2 atom stereocenters. The third-order valence-corrected chi connectivity index (χ3v) is 4.86. The zero-order valence-corrected chi connectivity index (χ0v) is 14.4. The molecule has 2 aliphatic heterocycles. The first-order chi connectivity index (χ1) is 11.9. The topological polar surface area (TPSA) is 95.9 Å². The van der Waals surface area contributed by atoms with Crippen LogP contribution in [-0.4, -0.2) is 53.0 Å². The maximum Gasteiger partial charge on any atom is 0.341 e. The van der Waals surface area contributed by atoms with E-state index in [2.05, 4.69) is 5.32 Å². The van der Waals surface area contributed by atoms with E-state index in [1.165, 1.54) is 0 Å². The number of hydrogen-bond donors (Lipinski definition) is 2. The predicted octanol–water partition coefficient (Wildman–Crippen LogP) is 1.26. The molecule has 7 nitrogen and oxygen atoms in total. The van der Waals surface area contributed by atoms with Gasteiger partial charge in [0.1, 0.15) is 5.75 Å². The van der Waals surface area contributed by atoms with Crippen molar-refractivity contribution < 1.29 is 24.2 Å². The third-order valence-electron chi connectivity index (χ3n) is 4.86. The number of fused-ring (bicyclic) bond motifs is 2. The highest BCUT2D eigenvalue weighted by atomic mass is 16.5. The van der Waals surface area contributed by atoms with Crippen molar-refractivity contribution in [3.8, 4) is 5.75 Å². The molecule has 2 heterocycles. The largest absolute Gasteiger partial charge is 0.481 e. The number of carbonyl (C=O) groups excluding carboxylic acids is 2. The Balaban J connectivity index is 1.85. The quantitative estimate of drug-likeness (QED) is 0.856. The van der Waals surface area contributed by atoms with Crippen LogP contribution in [0.2, 0.25) is 0 Å². The molecule has 1 aromatic rings. The first kappa shape index (κ1) is 17.3. The minimum absolute atomic E-state index is 0.00483. The molecule has 0 aliphatic carbocycles. The molecule has 0 aromatic heterocycles. The van der Waals surface area contributed by atoms with Gasteiger partial charge in [0.15, 0.2) is 6.61 Å². The molecule has 25 heavy (non-hydrogen) atoms. The van der Waals surface area contributed by atoms with Crippen molar-refractivity contribution in [1.29, 1.82) is 0 Å². The summed E-state index contributed by atoms with van der Waals surface area (Å²) in [6.07, 6.45) is 2.09. The maximum absolute atomic E-state index is 13.1. The van der Waals surface area contributed by atoms with Crippen LogP contribution in [-0.2, 0) is 9.59 Å². The van der Waals surface area contributed by atoms with Crippen molar-refractivity contribution in [2.75, 3.05) is 13.2 Å². The molecule has 0 saturated carbocycles. The summed E-state index contributed by atoms with van der Waals surface area (Å²) in [4.78, 5) is 37.3. The summed E-state index contributed by atoms with van der Waals surface area (Å²) in [5.41, 5.74) is 1.99. The van der Waals surface area contributed by atoms with E-state index in [0.29, 0.717) is 24.3 Å². The zero-order valence-electron chi connectivity index (χ0n) is 14.4. The number of carboxylic acids is 1. The second-order valence-electron chi connectivity index (χ2n) is 6.73. The monoisotopic (exact) mass is 346 g/mol. The van der Waals surface area contributed by atoms with Gasteiger partial charge in [0.2, 0.25) is 5.91 Å². The molecule has 0 radical (unpaired) electrons. The molecule has 2 amide bonds. The van der Waals surface area contributed by atoms with Crippen molar-refractivity contribution in [3.63, 3.8) is 0 Å². The van der Waals surface area contributed by atoms with Gasteiger partial charge in [-0.2, -0.15) is 0 Å². The summed E-state index contributed by atoms with van der Waals surface area (Å²) in [5.74, 6) is -0.637. The molecule has 3 rings (SSSR count). The van der Waals surface area contributed by atoms with Crippen molar-refractivity contribution in [2.45, 2.75) is 45.2 Å². The summed E-state index contributed by atoms with van der Waals surface area (Å²) in [7, 11) is 0. The molecule has 2 bridgehead atoms. The first-order valence-electron chi connectivity index (χ1n) is 8.42. The molecule has 1 aromatic carbocycles. The van der Waals surface area contributed by atoms with E-state index in [0.717, 1.165) is 24.0 Å². The highest BCUT2D eigenvalue weighted by Gasteiger charge is 2.40. The van der Waals surface area contributed by atoms with Crippen LogP contribution in [0.4, 0.5) is 0 Å². The lowest BCUT2D eigenvalue weighted by molar-refractivity contribution is -0.139. The smallest absolute Gasteiger partial charge is 0.341 e. The third kappa shape index (κ3) is 3.45. The van der Waals surface area contributed by atoms with Gasteiger partial charge in [-0.15, -0.1) is 0 Å². The molecule has 2 aliphatic rings. The standard InChI is InChI=1S/C18H22N2O5/c1-10-5-12(6-11(2)17(10)25-9-16(22)23)18(24)20-13-3-4-14(20)8-19-15(21)7-13/h5-6,13-14H,3-4,7-9H2,1-2H3,(H,19,21)(H,22,23). The minimum atomic E-state index is -1.04. The van der Waals surface area contributed by atoms with Crippen molar-refractivity contribution in [2.24, 2.45) is 0 Å². The van der Waals surface area contributed by atoms with Gasteiger partial charge in [0.05, 0.1) is 0 Å². The molecular weight excluding hydrogens is 324 g/mol. The molecule has 2 fully saturated rings. The normalized spacial score (nSPS) is 22.3. The van der Waals surface area contributed by atoms with Crippen LogP contribution in [0.5, 0.6) is 5.75 Å². The maximum atomic E-state index is 13.1. The number of amides is 2. The van der Waals surface area contributed by atoms with Crippen LogP contribution < -0.4 is 10.1 Å². The van der Waals surface area contributed by atoms with Crippen LogP contribution in [0.15, 0.2) is 12.1 Å². The molecular formula is C18H22N2O5. The lowest BCUT2D eigenvalue weighted by Crippen LogP contribution is -2.42. The highest BCUT2D eigenvalue weighted by Crippen LogP contribution is 2.32. The Labute approximate surface area is 146 Å². The fraction of sp³-hybridized carbons (Fsp3) is 0.500. The summed E-state index contributed by atoms with van der Waals surface area (Å²) < 4.78 is 5.32. The Morgan fingerprint density at radius 2 is 1.88 bits per heavy atom. The van der Waals surface area contributed by atoms with E-state index in [4.69, 9.17) is 9.84 Å². The Bertz CT molecular complexity index is 707. The molecule has 0 spiro atoms. The average molecular weight is 346 g/mol. The molecule has 2 saturated heterocycles. The summed E-state index contributed by atoms with van der Waals surface area (Å²) in [5, 5.41) is 11.6. The SMILES string of the molecule is Cc1cc(C(=O)N2C3CCC2CC(=O)NC3)cc(C)c1OCC(=O)O. The van der Waals surface area contributed by atoms with E-state index in [1.54, 1.807) is 26.0 Å². The highest BCUT2D eigenvalue weighted by molar-refractivity contribution is 5.96. The number of nitrogens with zero attached hydrogens (tertiary/aromatic N) is 1. The van der Waals surface area contributed by atoms with Gasteiger partial charge in [-0.3, -0.25) is 9.59 Å². The zero-order chi connectivity index (χ0) is 18.1. The van der Waals surface area contributed by atoms with Gasteiger partial charge in [-0.25, -0.2) is 4.79 Å². The first-order valence-corrected chi connectivity index (χ1v) is 8.42. The van der Waals surface area contributed by atoms with Crippen LogP contribution >= 0.6 is 0 Å². The van der Waals surface area contributed by atoms with E-state index in [-0.39, 0.29) is 23.9 Å². The number of benzene rings is 1. The number of aryl methyl sites for hydroxylation is 2. The number of carbonyl (C=O) groups is 3. The number of carboxylic acid groups (broad SMARTS) is 1. The van der Waals surface area contributed by atoms with Gasteiger partial charge in [-0.1, -0.05) is 0 Å². The second-order valence-corrected chi connectivity index (χ2v) is 6.73. The van der Waals surface area contributed by atoms with Gasteiger partial charge in [0, 0.05) is 30.6 Å². The Morgan fingerprint density at radius 1 is 1.24 bits per heavy atom. The van der Waals surface area contributed by atoms with Gasteiger partial charge in [-0.05, 0) is 49.9 Å². The van der Waals surface area contributed by atoms with Gasteiger partial charge >= 0.3 is 5.97 Å². The summed E-state index contributed by atoms with van der Waals surface area (Å²) in [6.45, 7) is 3.67. The predicted molar refractivity (Wildman–Crippen MR) is 89.7 cm³/mol. The Hall–Kier alpha value is -2.57. The minimum Gasteiger partial charge on any atom is -0.481 e. The number of rotatable bonds is 4. The number of hydrogen-bond acceptors (Lipinski definition) is 4. The summed E-state index contributed by atoms with van der Waals surface area (Å²) >= 11 is 0. The number of nitrogens with one attached hydrogen (secondary N) is 1. The van der Waals surface area contributed by atoms with Crippen molar-refractivity contribution in [3.05, 3.63) is 28.8 Å². The van der Waals surface area contributed by atoms with Gasteiger partial charge in [0.25, 0.3) is 5.91 Å². The lowest BCUT2D eigenvalue weighted by atomic mass is 10.0. The van der Waals surface area contributed by atoms with E-state index in [9.17, 15) is 14.4 Å². The molecule has 134 valence electrons. The van der Waals surface area contributed by atoms with E-state index in [1.807, 2.05) is 4.90 Å². The van der Waals surface area contributed by atoms with Crippen molar-refractivity contribution in [1.82, 2.24) is 10.2 Å². The van der Waals surface area contributed by atoms with E-state index < -0.39 is 12.6 Å². The summed E-state index contributed by atoms with van der Waals surface area (Å²) in [6, 6.07) is 3.44. The molecule has 7 heteroatoms.